The molecule has 18 nitrogen and oxygen atoms in total. The Morgan fingerprint density at radius 1 is 1.12 bits per heavy atom. The van der Waals surface area contributed by atoms with Crippen LogP contribution >= 0.6 is 37.5 Å². The van der Waals surface area contributed by atoms with E-state index < -0.39 is 68.7 Å². The lowest BCUT2D eigenvalue weighted by Crippen LogP contribution is -2.35. The van der Waals surface area contributed by atoms with Crippen LogP contribution in [0.3, 0.4) is 0 Å². The Hall–Kier alpha value is -1.88. The summed E-state index contributed by atoms with van der Waals surface area (Å²) in [6.45, 7) is -9.08. The number of halogens is 1. The molecule has 2 saturated heterocycles. The topological polar surface area (TPSA) is 233 Å². The Bertz CT molecular complexity index is 2050. The summed E-state index contributed by atoms with van der Waals surface area (Å²) >= 11 is 10.4. The molecule has 2 unspecified atom stereocenters. The van der Waals surface area contributed by atoms with E-state index in [1.165, 1.54) is 28.1 Å². The first-order valence-corrected chi connectivity index (χ1v) is 21.7. The minimum Gasteiger partial charge on any atom is -0.387 e. The van der Waals surface area contributed by atoms with Crippen molar-refractivity contribution in [1.29, 1.82) is 0 Å². The van der Waals surface area contributed by atoms with Crippen LogP contribution in [0.25, 0.3) is 22.2 Å². The maximum absolute atomic E-state index is 15.5. The minimum absolute atomic E-state index is 0.0395. The molecule has 272 valence electrons. The first-order valence-electron chi connectivity index (χ1n) is 15.4. The molecule has 4 aromatic heterocycles. The summed E-state index contributed by atoms with van der Waals surface area (Å²) in [6, 6.07) is 0. The zero-order valence-electron chi connectivity index (χ0n) is 26.0. The van der Waals surface area contributed by atoms with Crippen LogP contribution in [-0.4, -0.2) is 105 Å². The zero-order valence-corrected chi connectivity index (χ0v) is 30.3. The summed E-state index contributed by atoms with van der Waals surface area (Å²) in [6.07, 6.45) is -1.52. The molecule has 0 aliphatic carbocycles. The van der Waals surface area contributed by atoms with Gasteiger partial charge in [-0.2, -0.15) is 0 Å². The van der Waals surface area contributed by atoms with Gasteiger partial charge in [-0.3, -0.25) is 23.0 Å². The predicted molar refractivity (Wildman–Crippen MR) is 183 cm³/mol. The molecule has 0 aromatic carbocycles. The third-order valence-corrected chi connectivity index (χ3v) is 11.9. The van der Waals surface area contributed by atoms with Crippen LogP contribution < -0.4 is 11.3 Å². The van der Waals surface area contributed by atoms with Crippen LogP contribution in [0, 0.1) is 0 Å². The highest BCUT2D eigenvalue weighted by molar-refractivity contribution is 8.44. The largest absolute Gasteiger partial charge is 0.387 e. The Morgan fingerprint density at radius 3 is 2.72 bits per heavy atom. The summed E-state index contributed by atoms with van der Waals surface area (Å²) in [7, 11) is 0. The number of thiol groups is 1. The van der Waals surface area contributed by atoms with E-state index in [-0.39, 0.29) is 37.3 Å². The number of aromatic nitrogens is 7. The van der Waals surface area contributed by atoms with E-state index in [0.717, 1.165) is 34.6 Å². The molecule has 7 heterocycles. The highest BCUT2D eigenvalue weighted by atomic mass is 32.7. The van der Waals surface area contributed by atoms with Crippen molar-refractivity contribution in [3.63, 3.8) is 0 Å². The molecule has 7 rings (SSSR count). The minimum atomic E-state index is -4.28. The van der Waals surface area contributed by atoms with Gasteiger partial charge in [0.15, 0.2) is 23.6 Å². The van der Waals surface area contributed by atoms with Gasteiger partial charge in [-0.25, -0.2) is 28.9 Å². The van der Waals surface area contributed by atoms with E-state index in [0.29, 0.717) is 5.65 Å². The quantitative estimate of drug-likeness (QED) is 0.0778. The van der Waals surface area contributed by atoms with Crippen molar-refractivity contribution in [2.75, 3.05) is 25.5 Å². The number of hydrogen-bond donors (Lipinski definition) is 5. The van der Waals surface area contributed by atoms with Gasteiger partial charge in [0.05, 0.1) is 31.0 Å². The van der Waals surface area contributed by atoms with Gasteiger partial charge in [0.1, 0.15) is 47.8 Å². The third kappa shape index (κ3) is 7.34. The average molecular weight is 795 g/mol. The normalized spacial score (nSPS) is 29.4. The number of nitrogens with two attached hydrogens (primary N) is 1. The molecule has 50 heavy (non-hydrogen) atoms. The van der Waals surface area contributed by atoms with Crippen LogP contribution in [0.15, 0.2) is 35.0 Å². The SMILES string of the molecule is NCCn1cnc2c(ncn2[C@@H]2O[C@H](COP(=O)(O)S)[C@@H](O)[C@H]2OP(O)(=S)OC[C@@H]2C[C@@H](F)[C@H](n3cc4c5c(ncnc53)SCCC4)O2)c1=O. The number of fused-ring (bicyclic) bond motifs is 1. The average Bonchev–Trinajstić information content (AvgIpc) is 3.79. The van der Waals surface area contributed by atoms with Crippen molar-refractivity contribution in [3.8, 4) is 0 Å². The lowest BCUT2D eigenvalue weighted by Gasteiger charge is -2.26. The van der Waals surface area contributed by atoms with Crippen molar-refractivity contribution in [2.45, 2.75) is 73.9 Å². The van der Waals surface area contributed by atoms with E-state index >= 15 is 4.39 Å². The number of aryl methyl sites for hydroxylation is 1. The van der Waals surface area contributed by atoms with Crippen LogP contribution in [-0.2, 0) is 52.4 Å². The molecule has 3 aliphatic heterocycles. The van der Waals surface area contributed by atoms with Crippen molar-refractivity contribution < 1.29 is 46.9 Å². The lowest BCUT2D eigenvalue weighted by molar-refractivity contribution is -0.0497. The smallest absolute Gasteiger partial charge is 0.383 e. The second kappa shape index (κ2) is 14.5. The summed E-state index contributed by atoms with van der Waals surface area (Å²) in [5, 5.41) is 12.9. The summed E-state index contributed by atoms with van der Waals surface area (Å²) in [5.74, 6) is 0.923. The predicted octanol–water partition coefficient (Wildman–Crippen LogP) is 1.58. The highest BCUT2D eigenvalue weighted by Crippen LogP contribution is 2.52. The fourth-order valence-electron chi connectivity index (χ4n) is 6.26. The van der Waals surface area contributed by atoms with Crippen molar-refractivity contribution >= 4 is 71.5 Å². The summed E-state index contributed by atoms with van der Waals surface area (Å²) < 4.78 is 59.6. The van der Waals surface area contributed by atoms with Gasteiger partial charge in [-0.15, -0.1) is 11.8 Å². The van der Waals surface area contributed by atoms with E-state index in [4.69, 9.17) is 40.6 Å². The lowest BCUT2D eigenvalue weighted by atomic mass is 10.1. The zero-order chi connectivity index (χ0) is 35.4. The molecule has 0 saturated carbocycles. The van der Waals surface area contributed by atoms with Gasteiger partial charge >= 0.3 is 13.5 Å². The van der Waals surface area contributed by atoms with Crippen LogP contribution in [0.5, 0.6) is 0 Å². The van der Waals surface area contributed by atoms with Crippen LogP contribution in [0.2, 0.25) is 0 Å². The van der Waals surface area contributed by atoms with Crippen molar-refractivity contribution in [3.05, 3.63) is 41.1 Å². The standard InChI is InChI=1S/C26H33FN8O10P2S3/c27-15-6-14(43-25(15)34-7-13-2-1-5-50-23-17(13)21(34)29-10-30-23)8-42-47(40,49)45-20-19(36)16(9-41-46(38,39)48)44-26(20)35-12-31-18-22(35)32-11-33(4-3-28)24(18)37/h7,10-12,14-16,19-20,25-26,36H,1-6,8-9,28H2,(H,40,49)(H2,38,39,48)/t14-,15+,16+,19+,20+,25+,26+,47?/m0/s1. The molecule has 0 radical (unpaired) electrons. The van der Waals surface area contributed by atoms with Gasteiger partial charge in [-0.1, -0.05) is 12.2 Å². The number of hydrogen-bond acceptors (Lipinski definition) is 15. The first kappa shape index (κ1) is 36.5. The molecule has 0 amide bonds. The molecular formula is C26H33FN8O10P2S3. The Kier molecular flexibility index (Phi) is 10.6. The van der Waals surface area contributed by atoms with E-state index in [1.54, 1.807) is 16.3 Å². The molecule has 5 N–H and O–H groups in total. The molecule has 9 atom stereocenters. The Balaban J connectivity index is 1.08. The third-order valence-electron chi connectivity index (χ3n) is 8.48. The van der Waals surface area contributed by atoms with Gasteiger partial charge in [0.25, 0.3) is 5.56 Å². The Labute approximate surface area is 297 Å². The van der Waals surface area contributed by atoms with Gasteiger partial charge in [0.2, 0.25) is 0 Å². The Morgan fingerprint density at radius 2 is 1.94 bits per heavy atom. The van der Waals surface area contributed by atoms with Crippen LogP contribution in [0.1, 0.15) is 30.9 Å². The number of imidazole rings is 1. The molecule has 0 spiro atoms. The monoisotopic (exact) mass is 794 g/mol. The fraction of sp³-hybridized carbons (Fsp3) is 0.577. The number of thioether (sulfide) groups is 1. The van der Waals surface area contributed by atoms with Gasteiger partial charge in [0, 0.05) is 25.7 Å². The fourth-order valence-corrected chi connectivity index (χ4v) is 9.21. The molecular weight excluding hydrogens is 761 g/mol. The molecule has 24 heteroatoms. The number of nitrogens with zero attached hydrogens (tertiary/aromatic N) is 7. The van der Waals surface area contributed by atoms with Gasteiger partial charge < -0.3 is 39.2 Å². The van der Waals surface area contributed by atoms with Crippen molar-refractivity contribution in [1.82, 2.24) is 33.6 Å². The van der Waals surface area contributed by atoms with Crippen molar-refractivity contribution in [2.24, 2.45) is 5.73 Å². The summed E-state index contributed by atoms with van der Waals surface area (Å²) in [5.41, 5.74) is 6.69. The highest BCUT2D eigenvalue weighted by Gasteiger charge is 2.49. The number of aliphatic hydroxyl groups is 1. The van der Waals surface area contributed by atoms with Crippen LogP contribution in [0.4, 0.5) is 4.39 Å². The second-order valence-electron chi connectivity index (χ2n) is 11.8. The van der Waals surface area contributed by atoms with Gasteiger partial charge in [-0.05, 0) is 36.0 Å². The first-order chi connectivity index (χ1) is 23.8. The molecule has 3 aliphatic rings. The molecule has 0 bridgehead atoms. The maximum atomic E-state index is 15.5. The van der Waals surface area contributed by atoms with E-state index in [9.17, 15) is 24.3 Å². The molecule has 4 aromatic rings. The number of alkyl halides is 1. The number of rotatable bonds is 12. The molecule has 2 fully saturated rings. The number of ether oxygens (including phenoxy) is 2. The van der Waals surface area contributed by atoms with E-state index in [1.807, 2.05) is 6.20 Å². The number of aliphatic hydroxyl groups excluding tert-OH is 1. The second-order valence-corrected chi connectivity index (χ2v) is 18.5. The summed E-state index contributed by atoms with van der Waals surface area (Å²) in [4.78, 5) is 50.9. The van der Waals surface area contributed by atoms with E-state index in [2.05, 4.69) is 32.2 Å². The maximum Gasteiger partial charge on any atom is 0.383 e.